The predicted octanol–water partition coefficient (Wildman–Crippen LogP) is 0.912. The number of aryl methyl sites for hydroxylation is 1. The summed E-state index contributed by atoms with van der Waals surface area (Å²) in [6, 6.07) is 2.01. The summed E-state index contributed by atoms with van der Waals surface area (Å²) in [7, 11) is 3.47. The highest BCUT2D eigenvalue weighted by Gasteiger charge is 2.29. The number of fused-ring (bicyclic) bond motifs is 2. The van der Waals surface area contributed by atoms with E-state index in [1.165, 1.54) is 6.33 Å². The molecule has 0 spiro atoms. The Morgan fingerprint density at radius 1 is 1.28 bits per heavy atom. The number of hydrogen-bond donors (Lipinski definition) is 0. The normalized spacial score (nSPS) is 17.0. The summed E-state index contributed by atoms with van der Waals surface area (Å²) in [4.78, 5) is 29.2. The molecule has 4 heterocycles. The highest BCUT2D eigenvalue weighted by atomic mass is 16.2. The third-order valence-corrected chi connectivity index (χ3v) is 4.51. The quantitative estimate of drug-likeness (QED) is 0.689. The smallest absolute Gasteiger partial charge is 0.273 e. The van der Waals surface area contributed by atoms with Crippen molar-refractivity contribution in [1.82, 2.24) is 34.0 Å². The number of amides is 1. The molecule has 25 heavy (non-hydrogen) atoms. The van der Waals surface area contributed by atoms with Gasteiger partial charge in [0.15, 0.2) is 0 Å². The maximum absolute atomic E-state index is 12.2. The number of aromatic nitrogens is 6. The zero-order chi connectivity index (χ0) is 17.7. The molecule has 1 amide bonds. The van der Waals surface area contributed by atoms with Gasteiger partial charge in [-0.25, -0.2) is 9.97 Å². The molecule has 3 aromatic heterocycles. The minimum absolute atomic E-state index is 0.00617. The van der Waals surface area contributed by atoms with Gasteiger partial charge in [0.25, 0.3) is 11.7 Å². The van der Waals surface area contributed by atoms with Gasteiger partial charge in [0.1, 0.15) is 23.7 Å². The first-order valence-corrected chi connectivity index (χ1v) is 8.18. The second-order valence-corrected chi connectivity index (χ2v) is 6.47. The number of anilines is 1. The molecule has 3 aromatic rings. The Balaban J connectivity index is 1.75. The van der Waals surface area contributed by atoms with Crippen molar-refractivity contribution >= 4 is 17.5 Å². The van der Waals surface area contributed by atoms with Crippen molar-refractivity contribution in [2.45, 2.75) is 26.4 Å². The van der Waals surface area contributed by atoms with E-state index in [0.29, 0.717) is 11.5 Å². The van der Waals surface area contributed by atoms with Crippen molar-refractivity contribution < 1.29 is 4.79 Å². The van der Waals surface area contributed by atoms with Gasteiger partial charge < -0.3 is 14.4 Å². The molecular formula is C16H20N8O. The van der Waals surface area contributed by atoms with E-state index in [1.807, 2.05) is 19.2 Å². The van der Waals surface area contributed by atoms with Crippen LogP contribution in [0.5, 0.6) is 0 Å². The van der Waals surface area contributed by atoms with Gasteiger partial charge in [-0.1, -0.05) is 0 Å². The van der Waals surface area contributed by atoms with Crippen LogP contribution in [0.4, 0.5) is 5.82 Å². The van der Waals surface area contributed by atoms with E-state index in [1.54, 1.807) is 23.5 Å². The molecule has 9 nitrogen and oxygen atoms in total. The van der Waals surface area contributed by atoms with Crippen LogP contribution in [0.25, 0.3) is 5.78 Å². The zero-order valence-electron chi connectivity index (χ0n) is 14.7. The zero-order valence-corrected chi connectivity index (χ0v) is 14.7. The van der Waals surface area contributed by atoms with Gasteiger partial charge in [-0.05, 0) is 13.8 Å². The average molecular weight is 340 g/mol. The van der Waals surface area contributed by atoms with Crippen LogP contribution in [0.15, 0.2) is 18.6 Å². The van der Waals surface area contributed by atoms with Crippen LogP contribution in [-0.2, 0) is 6.54 Å². The molecule has 4 rings (SSSR count). The second kappa shape index (κ2) is 5.54. The molecule has 0 aliphatic carbocycles. The standard InChI is InChI=1S/C16H20N8O/c1-10-7-13(24-16(19-10)17-9-18-24)23-6-5-22-8-12(15(25)21(3)4)20-14(22)11(23)2/h7-9,11H,5-6H2,1-4H3. The molecule has 1 unspecified atom stereocenters. The first kappa shape index (κ1) is 15.6. The molecule has 0 radical (unpaired) electrons. The molecule has 0 aromatic carbocycles. The average Bonchev–Trinajstić information content (AvgIpc) is 3.20. The van der Waals surface area contributed by atoms with Crippen LogP contribution < -0.4 is 4.90 Å². The van der Waals surface area contributed by atoms with Crippen LogP contribution in [0.3, 0.4) is 0 Å². The predicted molar refractivity (Wildman–Crippen MR) is 91.5 cm³/mol. The van der Waals surface area contributed by atoms with Gasteiger partial charge in [-0.3, -0.25) is 4.79 Å². The molecule has 0 fully saturated rings. The first-order chi connectivity index (χ1) is 12.0. The van der Waals surface area contributed by atoms with Gasteiger partial charge in [-0.2, -0.15) is 14.6 Å². The maximum atomic E-state index is 12.2. The molecule has 1 aliphatic heterocycles. The lowest BCUT2D eigenvalue weighted by atomic mass is 10.2. The summed E-state index contributed by atoms with van der Waals surface area (Å²) in [5.41, 5.74) is 1.37. The van der Waals surface area contributed by atoms with Crippen LogP contribution in [0, 0.1) is 6.92 Å². The second-order valence-electron chi connectivity index (χ2n) is 6.47. The molecular weight excluding hydrogens is 320 g/mol. The highest BCUT2D eigenvalue weighted by molar-refractivity contribution is 5.91. The third-order valence-electron chi connectivity index (χ3n) is 4.51. The summed E-state index contributed by atoms with van der Waals surface area (Å²) in [5, 5.41) is 4.30. The lowest BCUT2D eigenvalue weighted by Crippen LogP contribution is -2.38. The number of imidazole rings is 1. The van der Waals surface area contributed by atoms with E-state index in [-0.39, 0.29) is 11.9 Å². The molecule has 0 saturated carbocycles. The van der Waals surface area contributed by atoms with Gasteiger partial charge in [-0.15, -0.1) is 0 Å². The van der Waals surface area contributed by atoms with Crippen molar-refractivity contribution in [2.75, 3.05) is 25.5 Å². The van der Waals surface area contributed by atoms with Crippen molar-refractivity contribution in [3.8, 4) is 0 Å². The molecule has 9 heteroatoms. The number of hydrogen-bond acceptors (Lipinski definition) is 6. The number of nitrogens with zero attached hydrogens (tertiary/aromatic N) is 8. The fourth-order valence-corrected chi connectivity index (χ4v) is 3.25. The van der Waals surface area contributed by atoms with E-state index in [0.717, 1.165) is 30.4 Å². The van der Waals surface area contributed by atoms with E-state index in [4.69, 9.17) is 0 Å². The van der Waals surface area contributed by atoms with Gasteiger partial charge in [0.2, 0.25) is 0 Å². The minimum atomic E-state index is -0.0842. The Bertz CT molecular complexity index is 956. The topological polar surface area (TPSA) is 84.5 Å². The molecule has 0 N–H and O–H groups in total. The molecule has 0 saturated heterocycles. The summed E-state index contributed by atoms with van der Waals surface area (Å²) in [5.74, 6) is 2.31. The number of rotatable bonds is 2. The summed E-state index contributed by atoms with van der Waals surface area (Å²) < 4.78 is 3.80. The Labute approximate surface area is 144 Å². The minimum Gasteiger partial charge on any atom is -0.345 e. The molecule has 130 valence electrons. The van der Waals surface area contributed by atoms with Crippen molar-refractivity contribution in [3.63, 3.8) is 0 Å². The fraction of sp³-hybridized carbons (Fsp3) is 0.438. The third kappa shape index (κ3) is 2.43. The SMILES string of the molecule is Cc1cc(N2CCn3cc(C(=O)N(C)C)nc3C2C)n2ncnc2n1. The maximum Gasteiger partial charge on any atom is 0.273 e. The Kier molecular flexibility index (Phi) is 3.45. The van der Waals surface area contributed by atoms with Gasteiger partial charge in [0, 0.05) is 45.1 Å². The lowest BCUT2D eigenvalue weighted by molar-refractivity contribution is 0.0822. The summed E-state index contributed by atoms with van der Waals surface area (Å²) >= 11 is 0. The van der Waals surface area contributed by atoms with E-state index >= 15 is 0 Å². The van der Waals surface area contributed by atoms with Crippen molar-refractivity contribution in [3.05, 3.63) is 35.8 Å². The van der Waals surface area contributed by atoms with Crippen LogP contribution in [0.2, 0.25) is 0 Å². The Morgan fingerprint density at radius 2 is 2.08 bits per heavy atom. The monoisotopic (exact) mass is 340 g/mol. The van der Waals surface area contributed by atoms with E-state index in [2.05, 4.69) is 36.4 Å². The number of carbonyl (C=O) groups is 1. The molecule has 0 bridgehead atoms. The largest absolute Gasteiger partial charge is 0.345 e. The Hall–Kier alpha value is -2.97. The van der Waals surface area contributed by atoms with E-state index in [9.17, 15) is 4.79 Å². The van der Waals surface area contributed by atoms with Crippen LogP contribution in [0.1, 0.15) is 35.0 Å². The van der Waals surface area contributed by atoms with Crippen molar-refractivity contribution in [1.29, 1.82) is 0 Å². The molecule has 1 atom stereocenters. The summed E-state index contributed by atoms with van der Waals surface area (Å²) in [6.45, 7) is 5.57. The highest BCUT2D eigenvalue weighted by Crippen LogP contribution is 2.30. The number of carbonyl (C=O) groups excluding carboxylic acids is 1. The van der Waals surface area contributed by atoms with Gasteiger partial charge >= 0.3 is 0 Å². The molecule has 1 aliphatic rings. The lowest BCUT2D eigenvalue weighted by Gasteiger charge is -2.35. The van der Waals surface area contributed by atoms with Crippen LogP contribution >= 0.6 is 0 Å². The van der Waals surface area contributed by atoms with Gasteiger partial charge in [0.05, 0.1) is 6.04 Å². The first-order valence-electron chi connectivity index (χ1n) is 8.18. The Morgan fingerprint density at radius 3 is 2.84 bits per heavy atom. The fourth-order valence-electron chi connectivity index (χ4n) is 3.25. The van der Waals surface area contributed by atoms with E-state index < -0.39 is 0 Å². The van der Waals surface area contributed by atoms with Crippen molar-refractivity contribution in [2.24, 2.45) is 0 Å². The van der Waals surface area contributed by atoms with Crippen LogP contribution in [-0.4, -0.2) is 60.6 Å². The summed E-state index contributed by atoms with van der Waals surface area (Å²) in [6.07, 6.45) is 3.35.